The number of rotatable bonds is 8. The monoisotopic (exact) mass is 237 g/mol. The van der Waals surface area contributed by atoms with E-state index in [-0.39, 0.29) is 0 Å². The Labute approximate surface area is 104 Å². The maximum Gasteiger partial charge on any atom is 0.0479 e. The molecule has 0 aromatic carbocycles. The van der Waals surface area contributed by atoms with Crippen LogP contribution in [0.15, 0.2) is 18.5 Å². The fourth-order valence-electron chi connectivity index (χ4n) is 1.75. The Hall–Kier alpha value is -1.13. The number of anilines is 1. The average Bonchev–Trinajstić information content (AvgIpc) is 2.37. The molecule has 1 aromatic rings. The second-order valence-electron chi connectivity index (χ2n) is 4.05. The summed E-state index contributed by atoms with van der Waals surface area (Å²) < 4.78 is 5.07. The van der Waals surface area contributed by atoms with E-state index in [4.69, 9.17) is 4.74 Å². The van der Waals surface area contributed by atoms with Crippen LogP contribution in [0.5, 0.6) is 0 Å². The van der Waals surface area contributed by atoms with Crippen LogP contribution in [0.4, 0.5) is 5.69 Å². The summed E-state index contributed by atoms with van der Waals surface area (Å²) >= 11 is 0. The van der Waals surface area contributed by atoms with E-state index < -0.39 is 0 Å². The largest absolute Gasteiger partial charge is 0.385 e. The molecule has 4 nitrogen and oxygen atoms in total. The van der Waals surface area contributed by atoms with E-state index in [0.29, 0.717) is 0 Å². The molecule has 0 radical (unpaired) electrons. The zero-order chi connectivity index (χ0) is 12.5. The average molecular weight is 237 g/mol. The third-order valence-electron chi connectivity index (χ3n) is 2.70. The second-order valence-corrected chi connectivity index (χ2v) is 4.05. The molecule has 0 amide bonds. The van der Waals surface area contributed by atoms with Crippen LogP contribution in [-0.4, -0.2) is 38.8 Å². The molecule has 1 heterocycles. The molecule has 0 aliphatic rings. The number of nitrogens with zero attached hydrogens (tertiary/aromatic N) is 2. The minimum absolute atomic E-state index is 0.804. The first-order valence-electron chi connectivity index (χ1n) is 6.13. The standard InChI is InChI=1S/C13H23N3O/c1-4-14-10-12-11-15-7-6-13(12)16(2)8-5-9-17-3/h6-7,11,14H,4-5,8-10H2,1-3H3. The summed E-state index contributed by atoms with van der Waals surface area (Å²) in [6, 6.07) is 2.07. The van der Waals surface area contributed by atoms with Gasteiger partial charge in [-0.3, -0.25) is 4.98 Å². The van der Waals surface area contributed by atoms with Crippen LogP contribution < -0.4 is 10.2 Å². The predicted molar refractivity (Wildman–Crippen MR) is 71.4 cm³/mol. The van der Waals surface area contributed by atoms with E-state index in [1.165, 1.54) is 11.3 Å². The highest BCUT2D eigenvalue weighted by molar-refractivity contribution is 5.51. The number of hydrogen-bond acceptors (Lipinski definition) is 4. The maximum absolute atomic E-state index is 5.07. The molecule has 0 saturated heterocycles. The second kappa shape index (κ2) is 8.03. The summed E-state index contributed by atoms with van der Waals surface area (Å²) in [4.78, 5) is 6.44. The SMILES string of the molecule is CCNCc1cnccc1N(C)CCCOC. The fraction of sp³-hybridized carbons (Fsp3) is 0.615. The lowest BCUT2D eigenvalue weighted by atomic mass is 10.2. The van der Waals surface area contributed by atoms with Crippen molar-refractivity contribution < 1.29 is 4.74 Å². The molecular formula is C13H23N3O. The normalized spacial score (nSPS) is 10.5. The number of aromatic nitrogens is 1. The molecule has 0 fully saturated rings. The van der Waals surface area contributed by atoms with Crippen LogP contribution in [0.25, 0.3) is 0 Å². The van der Waals surface area contributed by atoms with Crippen LogP contribution in [-0.2, 0) is 11.3 Å². The van der Waals surface area contributed by atoms with Gasteiger partial charge in [0.15, 0.2) is 0 Å². The smallest absolute Gasteiger partial charge is 0.0479 e. The van der Waals surface area contributed by atoms with Gasteiger partial charge in [0, 0.05) is 57.5 Å². The van der Waals surface area contributed by atoms with Gasteiger partial charge in [-0.1, -0.05) is 6.92 Å². The molecule has 0 aliphatic heterocycles. The Morgan fingerprint density at radius 3 is 3.00 bits per heavy atom. The Morgan fingerprint density at radius 2 is 2.29 bits per heavy atom. The zero-order valence-corrected chi connectivity index (χ0v) is 11.1. The molecule has 1 rings (SSSR count). The van der Waals surface area contributed by atoms with E-state index in [1.54, 1.807) is 7.11 Å². The zero-order valence-electron chi connectivity index (χ0n) is 11.1. The molecular weight excluding hydrogens is 214 g/mol. The van der Waals surface area contributed by atoms with Crippen molar-refractivity contribution >= 4 is 5.69 Å². The van der Waals surface area contributed by atoms with Crippen molar-refractivity contribution in [1.29, 1.82) is 0 Å². The Bertz CT molecular complexity index is 317. The highest BCUT2D eigenvalue weighted by atomic mass is 16.5. The summed E-state index contributed by atoms with van der Waals surface area (Å²) in [5.41, 5.74) is 2.49. The fourth-order valence-corrected chi connectivity index (χ4v) is 1.75. The molecule has 17 heavy (non-hydrogen) atoms. The van der Waals surface area contributed by atoms with Gasteiger partial charge in [-0.15, -0.1) is 0 Å². The van der Waals surface area contributed by atoms with Crippen molar-refractivity contribution in [1.82, 2.24) is 10.3 Å². The quantitative estimate of drug-likeness (QED) is 0.698. The number of hydrogen-bond donors (Lipinski definition) is 1. The van der Waals surface area contributed by atoms with E-state index in [9.17, 15) is 0 Å². The topological polar surface area (TPSA) is 37.4 Å². The lowest BCUT2D eigenvalue weighted by molar-refractivity contribution is 0.196. The van der Waals surface area contributed by atoms with Crippen LogP contribution in [0.1, 0.15) is 18.9 Å². The van der Waals surface area contributed by atoms with Crippen molar-refractivity contribution in [3.8, 4) is 0 Å². The number of nitrogens with one attached hydrogen (secondary N) is 1. The molecule has 1 N–H and O–H groups in total. The summed E-state index contributed by atoms with van der Waals surface area (Å²) in [5.74, 6) is 0. The molecule has 0 unspecified atom stereocenters. The van der Waals surface area contributed by atoms with Gasteiger partial charge in [-0.05, 0) is 19.0 Å². The number of ether oxygens (including phenoxy) is 1. The molecule has 4 heteroatoms. The molecule has 0 spiro atoms. The van der Waals surface area contributed by atoms with Gasteiger partial charge in [0.1, 0.15) is 0 Å². The van der Waals surface area contributed by atoms with E-state index in [0.717, 1.165) is 32.7 Å². The van der Waals surface area contributed by atoms with Crippen LogP contribution in [0.3, 0.4) is 0 Å². The molecule has 96 valence electrons. The summed E-state index contributed by atoms with van der Waals surface area (Å²) in [7, 11) is 3.85. The third kappa shape index (κ3) is 4.71. The summed E-state index contributed by atoms with van der Waals surface area (Å²) in [6.45, 7) is 5.75. The van der Waals surface area contributed by atoms with Crippen molar-refractivity contribution in [2.75, 3.05) is 38.8 Å². The maximum atomic E-state index is 5.07. The van der Waals surface area contributed by atoms with Crippen molar-refractivity contribution in [2.24, 2.45) is 0 Å². The Balaban J connectivity index is 2.60. The predicted octanol–water partition coefficient (Wildman–Crippen LogP) is 1.66. The van der Waals surface area contributed by atoms with Crippen LogP contribution in [0, 0.1) is 0 Å². The molecule has 0 bridgehead atoms. The highest BCUT2D eigenvalue weighted by Gasteiger charge is 2.06. The lowest BCUT2D eigenvalue weighted by Crippen LogP contribution is -2.23. The molecule has 0 atom stereocenters. The van der Waals surface area contributed by atoms with Gasteiger partial charge in [-0.25, -0.2) is 0 Å². The van der Waals surface area contributed by atoms with Gasteiger partial charge in [-0.2, -0.15) is 0 Å². The third-order valence-corrected chi connectivity index (χ3v) is 2.70. The van der Waals surface area contributed by atoms with Gasteiger partial charge in [0.2, 0.25) is 0 Å². The van der Waals surface area contributed by atoms with E-state index >= 15 is 0 Å². The van der Waals surface area contributed by atoms with E-state index in [1.807, 2.05) is 12.4 Å². The Morgan fingerprint density at radius 1 is 1.47 bits per heavy atom. The molecule has 0 saturated carbocycles. The number of pyridine rings is 1. The molecule has 0 aliphatic carbocycles. The first kappa shape index (κ1) is 13.9. The minimum Gasteiger partial charge on any atom is -0.385 e. The lowest BCUT2D eigenvalue weighted by Gasteiger charge is -2.22. The van der Waals surface area contributed by atoms with Gasteiger partial charge in [0.05, 0.1) is 0 Å². The van der Waals surface area contributed by atoms with Crippen molar-refractivity contribution in [3.05, 3.63) is 24.0 Å². The van der Waals surface area contributed by atoms with Crippen LogP contribution in [0.2, 0.25) is 0 Å². The number of methoxy groups -OCH3 is 1. The Kier molecular flexibility index (Phi) is 6.58. The summed E-state index contributed by atoms with van der Waals surface area (Å²) in [5, 5.41) is 3.34. The van der Waals surface area contributed by atoms with Gasteiger partial charge >= 0.3 is 0 Å². The van der Waals surface area contributed by atoms with Crippen molar-refractivity contribution in [3.63, 3.8) is 0 Å². The first-order valence-corrected chi connectivity index (χ1v) is 6.13. The highest BCUT2D eigenvalue weighted by Crippen LogP contribution is 2.17. The van der Waals surface area contributed by atoms with Gasteiger partial charge in [0.25, 0.3) is 0 Å². The summed E-state index contributed by atoms with van der Waals surface area (Å²) in [6.07, 6.45) is 4.82. The van der Waals surface area contributed by atoms with Gasteiger partial charge < -0.3 is 15.0 Å². The van der Waals surface area contributed by atoms with Crippen LogP contribution >= 0.6 is 0 Å². The minimum atomic E-state index is 0.804. The first-order chi connectivity index (χ1) is 8.29. The molecule has 1 aromatic heterocycles. The van der Waals surface area contributed by atoms with E-state index in [2.05, 4.69) is 35.2 Å². The van der Waals surface area contributed by atoms with Crippen molar-refractivity contribution in [2.45, 2.75) is 19.9 Å².